The predicted octanol–water partition coefficient (Wildman–Crippen LogP) is 1.19. The van der Waals surface area contributed by atoms with Crippen LogP contribution in [0.2, 0.25) is 0 Å². The number of hydrogen-bond donors (Lipinski definition) is 2. The van der Waals surface area contributed by atoms with Crippen molar-refractivity contribution in [2.24, 2.45) is 4.99 Å². The molecule has 1 unspecified atom stereocenters. The molecule has 0 aromatic carbocycles. The molecule has 146 valence electrons. The van der Waals surface area contributed by atoms with E-state index in [1.54, 1.807) is 12.3 Å². The average molecular weight is 382 g/mol. The van der Waals surface area contributed by atoms with Gasteiger partial charge < -0.3 is 14.6 Å². The van der Waals surface area contributed by atoms with Gasteiger partial charge in [-0.25, -0.2) is 4.79 Å². The highest BCUT2D eigenvalue weighted by Gasteiger charge is 2.25. The molecule has 1 saturated heterocycles. The highest BCUT2D eigenvalue weighted by atomic mass is 16.5. The summed E-state index contributed by atoms with van der Waals surface area (Å²) in [6.45, 7) is 9.13. The lowest BCUT2D eigenvalue weighted by atomic mass is 10.1. The zero-order valence-electron chi connectivity index (χ0n) is 15.8. The Kier molecular flexibility index (Phi) is 5.95. The van der Waals surface area contributed by atoms with Crippen LogP contribution >= 0.6 is 0 Å². The van der Waals surface area contributed by atoms with Gasteiger partial charge in [0.25, 0.3) is 5.56 Å². The van der Waals surface area contributed by atoms with Crippen LogP contribution in [0, 0.1) is 6.92 Å². The molecule has 9 heteroatoms. The van der Waals surface area contributed by atoms with Gasteiger partial charge >= 0.3 is 5.69 Å². The molecule has 0 saturated carbocycles. The Morgan fingerprint density at radius 2 is 2.25 bits per heavy atom. The van der Waals surface area contributed by atoms with Gasteiger partial charge in [0.15, 0.2) is 0 Å². The molecule has 1 fully saturated rings. The predicted molar refractivity (Wildman–Crippen MR) is 108 cm³/mol. The summed E-state index contributed by atoms with van der Waals surface area (Å²) in [6.07, 6.45) is 6.75. The number of morpholine rings is 1. The molecule has 2 aromatic rings. The summed E-state index contributed by atoms with van der Waals surface area (Å²) in [4.78, 5) is 34.0. The van der Waals surface area contributed by atoms with E-state index in [-0.39, 0.29) is 11.7 Å². The number of nitrogens with zero attached hydrogens (tertiary/aromatic N) is 4. The topological polar surface area (TPSA) is 116 Å². The quantitative estimate of drug-likeness (QED) is 0.593. The smallest absolute Gasteiger partial charge is 0.325 e. The number of hydrogen-bond acceptors (Lipinski definition) is 7. The average Bonchev–Trinajstić information content (AvgIpc) is 2.69. The second kappa shape index (κ2) is 8.57. The first-order chi connectivity index (χ1) is 13.5. The summed E-state index contributed by atoms with van der Waals surface area (Å²) in [5, 5.41) is 8.31. The highest BCUT2D eigenvalue weighted by Crippen LogP contribution is 2.26. The van der Waals surface area contributed by atoms with Crippen LogP contribution in [0.1, 0.15) is 12.6 Å². The number of aliphatic imine (C=N–C) groups is 1. The zero-order valence-corrected chi connectivity index (χ0v) is 15.8. The van der Waals surface area contributed by atoms with Crippen LogP contribution in [0.5, 0.6) is 0 Å². The van der Waals surface area contributed by atoms with E-state index in [0.29, 0.717) is 25.4 Å². The normalized spacial score (nSPS) is 17.9. The van der Waals surface area contributed by atoms with E-state index in [1.807, 2.05) is 26.0 Å². The lowest BCUT2D eigenvalue weighted by Gasteiger charge is -2.35. The van der Waals surface area contributed by atoms with E-state index in [0.717, 1.165) is 17.0 Å². The summed E-state index contributed by atoms with van der Waals surface area (Å²) in [6, 6.07) is 1.80. The Morgan fingerprint density at radius 3 is 2.96 bits per heavy atom. The first kappa shape index (κ1) is 19.4. The van der Waals surface area contributed by atoms with Crippen LogP contribution < -0.4 is 16.1 Å². The summed E-state index contributed by atoms with van der Waals surface area (Å²) in [7, 11) is 0. The lowest BCUT2D eigenvalue weighted by molar-refractivity contribution is 0.0662. The largest absolute Gasteiger partial charge is 0.370 e. The van der Waals surface area contributed by atoms with Gasteiger partial charge in [-0.15, -0.1) is 5.10 Å². The minimum atomic E-state index is -0.566. The number of aryl methyl sites for hydroxylation is 1. The minimum Gasteiger partial charge on any atom is -0.370 e. The number of allylic oxidation sites excluding steroid dienone is 1. The van der Waals surface area contributed by atoms with E-state index in [4.69, 9.17) is 4.74 Å². The van der Waals surface area contributed by atoms with Crippen molar-refractivity contribution in [1.82, 2.24) is 20.2 Å². The molecule has 0 aliphatic carbocycles. The maximum absolute atomic E-state index is 12.1. The number of aromatic amines is 2. The van der Waals surface area contributed by atoms with Gasteiger partial charge in [0.1, 0.15) is 11.8 Å². The minimum absolute atomic E-state index is 0.164. The molecule has 0 bridgehead atoms. The first-order valence-corrected chi connectivity index (χ1v) is 8.85. The van der Waals surface area contributed by atoms with Crippen LogP contribution in [0.15, 0.2) is 50.8 Å². The Morgan fingerprint density at radius 1 is 1.43 bits per heavy atom. The summed E-state index contributed by atoms with van der Waals surface area (Å²) < 4.78 is 5.90. The van der Waals surface area contributed by atoms with Gasteiger partial charge in [-0.1, -0.05) is 12.2 Å². The standard InChI is InChI=1S/C19H22N6O3/c1-4-5-13(9-20-3)17-11-25(6-7-28-17)16-8-15(24-23-12(16)2)14-10-21-19(27)22-18(14)26/h4-5,8-10,17H,3,6-7,11H2,1-2H3,(H2,21,22,26,27)/b5-4-,13-9+. The lowest BCUT2D eigenvalue weighted by Crippen LogP contribution is -2.43. The number of aromatic nitrogens is 4. The van der Waals surface area contributed by atoms with Gasteiger partial charge in [-0.05, 0) is 26.6 Å². The molecule has 1 atom stereocenters. The van der Waals surface area contributed by atoms with Crippen molar-refractivity contribution in [3.8, 4) is 11.3 Å². The molecular weight excluding hydrogens is 360 g/mol. The highest BCUT2D eigenvalue weighted by molar-refractivity contribution is 5.64. The summed E-state index contributed by atoms with van der Waals surface area (Å²) in [5.74, 6) is 0. The number of anilines is 1. The van der Waals surface area contributed by atoms with Gasteiger partial charge in [-0.2, -0.15) is 5.10 Å². The van der Waals surface area contributed by atoms with Crippen molar-refractivity contribution < 1.29 is 4.74 Å². The third-order valence-corrected chi connectivity index (χ3v) is 4.43. The van der Waals surface area contributed by atoms with Gasteiger partial charge in [0, 0.05) is 31.1 Å². The fraction of sp³-hybridized carbons (Fsp3) is 0.316. The molecule has 0 radical (unpaired) electrons. The molecule has 1 aliphatic rings. The Balaban J connectivity index is 1.94. The third kappa shape index (κ3) is 4.15. The maximum Gasteiger partial charge on any atom is 0.325 e. The van der Waals surface area contributed by atoms with Crippen molar-refractivity contribution in [3.05, 3.63) is 62.7 Å². The molecule has 9 nitrogen and oxygen atoms in total. The molecule has 3 heterocycles. The molecule has 2 N–H and O–H groups in total. The third-order valence-electron chi connectivity index (χ3n) is 4.43. The van der Waals surface area contributed by atoms with E-state index in [1.165, 1.54) is 6.20 Å². The first-order valence-electron chi connectivity index (χ1n) is 8.85. The fourth-order valence-electron chi connectivity index (χ4n) is 3.10. The van der Waals surface area contributed by atoms with E-state index in [9.17, 15) is 9.59 Å². The van der Waals surface area contributed by atoms with Crippen LogP contribution in [-0.2, 0) is 4.74 Å². The number of nitrogens with one attached hydrogen (secondary N) is 2. The zero-order chi connectivity index (χ0) is 20.1. The monoisotopic (exact) mass is 382 g/mol. The molecule has 28 heavy (non-hydrogen) atoms. The van der Waals surface area contributed by atoms with Crippen molar-refractivity contribution in [3.63, 3.8) is 0 Å². The Labute approximate surface area is 161 Å². The molecule has 0 spiro atoms. The number of rotatable bonds is 5. The number of H-pyrrole nitrogens is 2. The van der Waals surface area contributed by atoms with E-state index >= 15 is 0 Å². The van der Waals surface area contributed by atoms with Crippen molar-refractivity contribution in [2.75, 3.05) is 24.6 Å². The Hall–Kier alpha value is -3.33. The fourth-order valence-corrected chi connectivity index (χ4v) is 3.10. The van der Waals surface area contributed by atoms with Crippen molar-refractivity contribution in [1.29, 1.82) is 0 Å². The van der Waals surface area contributed by atoms with E-state index < -0.39 is 11.2 Å². The molecule has 2 aromatic heterocycles. The maximum atomic E-state index is 12.1. The summed E-state index contributed by atoms with van der Waals surface area (Å²) in [5.41, 5.74) is 2.09. The summed E-state index contributed by atoms with van der Waals surface area (Å²) >= 11 is 0. The number of ether oxygens (including phenoxy) is 1. The molecular formula is C19H22N6O3. The van der Waals surface area contributed by atoms with Crippen LogP contribution in [0.3, 0.4) is 0 Å². The SMILES string of the molecule is C=N/C=C(\C=C/C)C1CN(c2cc(-c3c[nH]c(=O)[nH]c3=O)nnc2C)CCO1. The van der Waals surface area contributed by atoms with Crippen LogP contribution in [0.4, 0.5) is 5.69 Å². The second-order valence-corrected chi connectivity index (χ2v) is 6.30. The van der Waals surface area contributed by atoms with Crippen LogP contribution in [-0.4, -0.2) is 52.7 Å². The van der Waals surface area contributed by atoms with E-state index in [2.05, 4.69) is 36.8 Å². The van der Waals surface area contributed by atoms with Crippen LogP contribution in [0.25, 0.3) is 11.3 Å². The second-order valence-electron chi connectivity index (χ2n) is 6.30. The van der Waals surface area contributed by atoms with Crippen molar-refractivity contribution in [2.45, 2.75) is 20.0 Å². The van der Waals surface area contributed by atoms with Crippen molar-refractivity contribution >= 4 is 12.4 Å². The van der Waals surface area contributed by atoms with Gasteiger partial charge in [-0.3, -0.25) is 14.8 Å². The Bertz CT molecular complexity index is 1040. The molecule has 3 rings (SSSR count). The van der Waals surface area contributed by atoms with Gasteiger partial charge in [0.05, 0.1) is 23.6 Å². The molecule has 1 aliphatic heterocycles. The van der Waals surface area contributed by atoms with Gasteiger partial charge in [0.2, 0.25) is 0 Å². The molecule has 0 amide bonds.